The number of aliphatic imine (C=N–C) groups is 1. The molecule has 0 unspecified atom stereocenters. The van der Waals surface area contributed by atoms with E-state index in [1.807, 2.05) is 37.3 Å². The second kappa shape index (κ2) is 10.6. The van der Waals surface area contributed by atoms with E-state index in [-0.39, 0.29) is 17.1 Å². The molecule has 0 fully saturated rings. The average Bonchev–Trinajstić information content (AvgIpc) is 2.72. The first-order chi connectivity index (χ1) is 13.9. The Balaban J connectivity index is 1.97. The predicted octanol–water partition coefficient (Wildman–Crippen LogP) is 3.26. The Morgan fingerprint density at radius 2 is 1.83 bits per heavy atom. The van der Waals surface area contributed by atoms with Gasteiger partial charge in [-0.3, -0.25) is 9.79 Å². The summed E-state index contributed by atoms with van der Waals surface area (Å²) in [5.41, 5.74) is 2.58. The number of nitrogens with one attached hydrogen (secondary N) is 3. The van der Waals surface area contributed by atoms with Crippen molar-refractivity contribution in [3.05, 3.63) is 71.0 Å². The number of amides is 1. The van der Waals surface area contributed by atoms with Crippen LogP contribution in [-0.2, 0) is 11.8 Å². The summed E-state index contributed by atoms with van der Waals surface area (Å²) >= 11 is 0. The van der Waals surface area contributed by atoms with Gasteiger partial charge in [-0.1, -0.05) is 38.1 Å². The summed E-state index contributed by atoms with van der Waals surface area (Å²) in [4.78, 5) is 16.5. The minimum absolute atomic E-state index is 0.0854. The standard InChI is InChI=1S/C23H31FN4O/c1-5-26-22(28-16-23(2,3)19-9-11-20(24)12-10-19)27-14-13-17-7-6-8-18(15-17)21(29)25-4/h6-12,15H,5,13-14,16H2,1-4H3,(H,25,29)(H2,26,27,28). The lowest BCUT2D eigenvalue weighted by atomic mass is 9.85. The third kappa shape index (κ3) is 6.89. The summed E-state index contributed by atoms with van der Waals surface area (Å²) in [7, 11) is 1.63. The molecule has 0 aliphatic rings. The van der Waals surface area contributed by atoms with E-state index in [4.69, 9.17) is 4.99 Å². The molecule has 2 aromatic carbocycles. The molecule has 0 bridgehead atoms. The fourth-order valence-electron chi connectivity index (χ4n) is 2.95. The molecule has 0 atom stereocenters. The summed E-state index contributed by atoms with van der Waals surface area (Å²) in [5, 5.41) is 9.24. The lowest BCUT2D eigenvalue weighted by Gasteiger charge is -2.24. The first-order valence-corrected chi connectivity index (χ1v) is 9.95. The van der Waals surface area contributed by atoms with E-state index < -0.39 is 0 Å². The number of carbonyl (C=O) groups excluding carboxylic acids is 1. The highest BCUT2D eigenvalue weighted by Crippen LogP contribution is 2.23. The molecular formula is C23H31FN4O. The Labute approximate surface area is 172 Å². The molecule has 0 heterocycles. The van der Waals surface area contributed by atoms with Crippen molar-refractivity contribution in [2.75, 3.05) is 26.7 Å². The quantitative estimate of drug-likeness (QED) is 0.472. The molecule has 29 heavy (non-hydrogen) atoms. The van der Waals surface area contributed by atoms with Crippen LogP contribution in [-0.4, -0.2) is 38.5 Å². The molecule has 0 radical (unpaired) electrons. The smallest absolute Gasteiger partial charge is 0.251 e. The minimum atomic E-state index is -0.233. The maximum atomic E-state index is 13.2. The lowest BCUT2D eigenvalue weighted by Crippen LogP contribution is -2.39. The zero-order valence-electron chi connectivity index (χ0n) is 17.7. The van der Waals surface area contributed by atoms with Crippen molar-refractivity contribution in [1.82, 2.24) is 16.0 Å². The molecule has 0 saturated carbocycles. The van der Waals surface area contributed by atoms with Crippen LogP contribution in [0.2, 0.25) is 0 Å². The number of benzene rings is 2. The number of rotatable bonds is 8. The number of halogens is 1. The number of carbonyl (C=O) groups is 1. The first-order valence-electron chi connectivity index (χ1n) is 9.95. The Hall–Kier alpha value is -2.89. The monoisotopic (exact) mass is 398 g/mol. The fraction of sp³-hybridized carbons (Fsp3) is 0.391. The maximum absolute atomic E-state index is 13.2. The van der Waals surface area contributed by atoms with Crippen molar-refractivity contribution in [3.63, 3.8) is 0 Å². The van der Waals surface area contributed by atoms with Gasteiger partial charge < -0.3 is 16.0 Å². The number of nitrogens with zero attached hydrogens (tertiary/aromatic N) is 1. The molecule has 0 aliphatic carbocycles. The fourth-order valence-corrected chi connectivity index (χ4v) is 2.95. The van der Waals surface area contributed by atoms with E-state index in [1.165, 1.54) is 12.1 Å². The zero-order valence-corrected chi connectivity index (χ0v) is 17.7. The first kappa shape index (κ1) is 22.4. The van der Waals surface area contributed by atoms with Crippen LogP contribution in [0, 0.1) is 5.82 Å². The molecule has 156 valence electrons. The maximum Gasteiger partial charge on any atom is 0.251 e. The van der Waals surface area contributed by atoms with E-state index in [0.29, 0.717) is 18.7 Å². The van der Waals surface area contributed by atoms with E-state index >= 15 is 0 Å². The highest BCUT2D eigenvalue weighted by Gasteiger charge is 2.20. The summed E-state index contributed by atoms with van der Waals surface area (Å²) in [6.07, 6.45) is 0.774. The Bertz CT molecular complexity index is 831. The van der Waals surface area contributed by atoms with Gasteiger partial charge in [0.15, 0.2) is 5.96 Å². The summed E-state index contributed by atoms with van der Waals surface area (Å²) < 4.78 is 13.2. The van der Waals surface area contributed by atoms with Crippen LogP contribution < -0.4 is 16.0 Å². The topological polar surface area (TPSA) is 65.5 Å². The predicted molar refractivity (Wildman–Crippen MR) is 117 cm³/mol. The van der Waals surface area contributed by atoms with Crippen LogP contribution in [0.4, 0.5) is 4.39 Å². The molecule has 6 heteroatoms. The second-order valence-electron chi connectivity index (χ2n) is 7.54. The van der Waals surface area contributed by atoms with Crippen LogP contribution in [0.3, 0.4) is 0 Å². The van der Waals surface area contributed by atoms with Gasteiger partial charge in [0.1, 0.15) is 5.82 Å². The van der Waals surface area contributed by atoms with E-state index in [1.54, 1.807) is 13.1 Å². The van der Waals surface area contributed by atoms with Crippen molar-refractivity contribution in [2.24, 2.45) is 4.99 Å². The number of hydrogen-bond acceptors (Lipinski definition) is 2. The van der Waals surface area contributed by atoms with Crippen LogP contribution in [0.1, 0.15) is 42.3 Å². The normalized spacial score (nSPS) is 11.8. The number of guanidine groups is 1. The minimum Gasteiger partial charge on any atom is -0.357 e. The molecule has 2 rings (SSSR count). The summed E-state index contributed by atoms with van der Waals surface area (Å²) in [6, 6.07) is 14.2. The van der Waals surface area contributed by atoms with Crippen molar-refractivity contribution >= 4 is 11.9 Å². The molecule has 0 saturated heterocycles. The largest absolute Gasteiger partial charge is 0.357 e. The third-order valence-corrected chi connectivity index (χ3v) is 4.72. The van der Waals surface area contributed by atoms with Gasteiger partial charge in [0.2, 0.25) is 0 Å². The molecule has 5 nitrogen and oxygen atoms in total. The third-order valence-electron chi connectivity index (χ3n) is 4.72. The van der Waals surface area contributed by atoms with Gasteiger partial charge in [-0.15, -0.1) is 0 Å². The van der Waals surface area contributed by atoms with Crippen molar-refractivity contribution in [1.29, 1.82) is 0 Å². The molecule has 0 aromatic heterocycles. The van der Waals surface area contributed by atoms with Crippen molar-refractivity contribution in [3.8, 4) is 0 Å². The van der Waals surface area contributed by atoms with Crippen LogP contribution in [0.25, 0.3) is 0 Å². The van der Waals surface area contributed by atoms with Gasteiger partial charge >= 0.3 is 0 Å². The molecule has 0 spiro atoms. The Morgan fingerprint density at radius 1 is 1.10 bits per heavy atom. The second-order valence-corrected chi connectivity index (χ2v) is 7.54. The summed E-state index contributed by atoms with van der Waals surface area (Å²) in [5.74, 6) is 0.423. The van der Waals surface area contributed by atoms with E-state index in [0.717, 1.165) is 30.1 Å². The van der Waals surface area contributed by atoms with Crippen molar-refractivity contribution < 1.29 is 9.18 Å². The molecular weight excluding hydrogens is 367 g/mol. The van der Waals surface area contributed by atoms with E-state index in [9.17, 15) is 9.18 Å². The highest BCUT2D eigenvalue weighted by atomic mass is 19.1. The van der Waals surface area contributed by atoms with Crippen LogP contribution in [0.5, 0.6) is 0 Å². The SMILES string of the molecule is CCNC(=NCC(C)(C)c1ccc(F)cc1)NCCc1cccc(C(=O)NC)c1. The van der Waals surface area contributed by atoms with E-state index in [2.05, 4.69) is 29.8 Å². The van der Waals surface area contributed by atoms with Gasteiger partial charge in [0.25, 0.3) is 5.91 Å². The van der Waals surface area contributed by atoms with Gasteiger partial charge in [0.05, 0.1) is 6.54 Å². The average molecular weight is 399 g/mol. The Morgan fingerprint density at radius 3 is 2.48 bits per heavy atom. The van der Waals surface area contributed by atoms with Crippen LogP contribution in [0.15, 0.2) is 53.5 Å². The van der Waals surface area contributed by atoms with Gasteiger partial charge in [-0.05, 0) is 48.7 Å². The van der Waals surface area contributed by atoms with Gasteiger partial charge in [-0.2, -0.15) is 0 Å². The lowest BCUT2D eigenvalue weighted by molar-refractivity contribution is 0.0963. The summed E-state index contributed by atoms with van der Waals surface area (Å²) in [6.45, 7) is 8.24. The van der Waals surface area contributed by atoms with Gasteiger partial charge in [0, 0.05) is 31.1 Å². The molecule has 1 amide bonds. The molecule has 3 N–H and O–H groups in total. The molecule has 0 aliphatic heterocycles. The van der Waals surface area contributed by atoms with Gasteiger partial charge in [-0.25, -0.2) is 4.39 Å². The Kier molecular flexibility index (Phi) is 8.19. The highest BCUT2D eigenvalue weighted by molar-refractivity contribution is 5.94. The van der Waals surface area contributed by atoms with Crippen molar-refractivity contribution in [2.45, 2.75) is 32.6 Å². The number of hydrogen-bond donors (Lipinski definition) is 3. The van der Waals surface area contributed by atoms with Crippen LogP contribution >= 0.6 is 0 Å². The zero-order chi connectivity index (χ0) is 21.3. The molecule has 2 aromatic rings.